The van der Waals surface area contributed by atoms with Crippen LogP contribution in [0.2, 0.25) is 0 Å². The molecule has 0 aliphatic carbocycles. The molecule has 3 heterocycles. The van der Waals surface area contributed by atoms with Gasteiger partial charge in [-0.3, -0.25) is 0 Å². The van der Waals surface area contributed by atoms with Gasteiger partial charge in [-0.2, -0.15) is 0 Å². The minimum Gasteiger partial charge on any atom is -0.309 e. The molecule has 0 bridgehead atoms. The SMILES string of the molecule is c1ccc(-c2ccc(-c3nc(-c4ccc5c(ccc6ccccc65)c4)nc(-c4ccc(-n5c6ccccc6c6cc7ccccc7cc65)c5c4sc4ccccc45)n3)cc2)cc1. The highest BCUT2D eigenvalue weighted by Gasteiger charge is 2.22. The molecule has 0 N–H and O–H groups in total. The molecule has 5 heteroatoms. The maximum Gasteiger partial charge on any atom is 0.165 e. The van der Waals surface area contributed by atoms with E-state index in [9.17, 15) is 0 Å². The number of benzene rings is 10. The van der Waals surface area contributed by atoms with Crippen molar-refractivity contribution in [2.45, 2.75) is 0 Å². The fourth-order valence-corrected chi connectivity index (χ4v) is 10.7. The topological polar surface area (TPSA) is 43.6 Å². The summed E-state index contributed by atoms with van der Waals surface area (Å²) in [5.74, 6) is 1.92. The third kappa shape index (κ3) is 5.49. The van der Waals surface area contributed by atoms with Gasteiger partial charge in [0.2, 0.25) is 0 Å². The van der Waals surface area contributed by atoms with Crippen LogP contribution in [0.1, 0.15) is 0 Å². The summed E-state index contributed by atoms with van der Waals surface area (Å²) in [5.41, 5.74) is 8.67. The molecule has 0 spiro atoms. The minimum atomic E-state index is 0.635. The molecular formula is C57H34N4S. The van der Waals surface area contributed by atoms with Crippen molar-refractivity contribution in [3.8, 4) is 51.0 Å². The van der Waals surface area contributed by atoms with Crippen LogP contribution in [0.3, 0.4) is 0 Å². The zero-order valence-corrected chi connectivity index (χ0v) is 34.1. The van der Waals surface area contributed by atoms with E-state index < -0.39 is 0 Å². The highest BCUT2D eigenvalue weighted by Crippen LogP contribution is 2.45. The van der Waals surface area contributed by atoms with Crippen molar-refractivity contribution in [1.82, 2.24) is 19.5 Å². The van der Waals surface area contributed by atoms with E-state index in [0.717, 1.165) is 38.0 Å². The lowest BCUT2D eigenvalue weighted by Gasteiger charge is -2.14. The van der Waals surface area contributed by atoms with Crippen molar-refractivity contribution in [1.29, 1.82) is 0 Å². The van der Waals surface area contributed by atoms with Crippen LogP contribution in [0, 0.1) is 0 Å². The van der Waals surface area contributed by atoms with Crippen LogP contribution >= 0.6 is 11.3 Å². The summed E-state index contributed by atoms with van der Waals surface area (Å²) in [6.07, 6.45) is 0. The zero-order chi connectivity index (χ0) is 40.7. The van der Waals surface area contributed by atoms with Crippen LogP contribution in [0.4, 0.5) is 0 Å². The van der Waals surface area contributed by atoms with Crippen LogP contribution in [0.25, 0.3) is 125 Å². The number of para-hydroxylation sites is 1. The third-order valence-electron chi connectivity index (χ3n) is 12.4. The van der Waals surface area contributed by atoms with Crippen molar-refractivity contribution >= 4 is 85.6 Å². The van der Waals surface area contributed by atoms with E-state index >= 15 is 0 Å². The van der Waals surface area contributed by atoms with Crippen molar-refractivity contribution in [2.24, 2.45) is 0 Å². The lowest BCUT2D eigenvalue weighted by molar-refractivity contribution is 1.08. The number of nitrogens with zero attached hydrogens (tertiary/aromatic N) is 4. The number of thiophene rings is 1. The molecule has 62 heavy (non-hydrogen) atoms. The van der Waals surface area contributed by atoms with Crippen LogP contribution in [0.5, 0.6) is 0 Å². The lowest BCUT2D eigenvalue weighted by Crippen LogP contribution is -2.01. The molecule has 0 saturated carbocycles. The van der Waals surface area contributed by atoms with Crippen LogP contribution in [-0.2, 0) is 0 Å². The fourth-order valence-electron chi connectivity index (χ4n) is 9.44. The first-order valence-electron chi connectivity index (χ1n) is 20.9. The largest absolute Gasteiger partial charge is 0.309 e. The first-order chi connectivity index (χ1) is 30.7. The molecule has 10 aromatic carbocycles. The fraction of sp³-hybridized carbons (Fsp3) is 0. The maximum atomic E-state index is 5.36. The van der Waals surface area contributed by atoms with Gasteiger partial charge in [0.15, 0.2) is 17.5 Å². The molecular weight excluding hydrogens is 773 g/mol. The summed E-state index contributed by atoms with van der Waals surface area (Å²) in [6.45, 7) is 0. The third-order valence-corrected chi connectivity index (χ3v) is 13.6. The van der Waals surface area contributed by atoms with Crippen molar-refractivity contribution in [2.75, 3.05) is 0 Å². The minimum absolute atomic E-state index is 0.635. The van der Waals surface area contributed by atoms with Crippen molar-refractivity contribution < 1.29 is 0 Å². The average Bonchev–Trinajstić information content (AvgIpc) is 3.89. The van der Waals surface area contributed by atoms with E-state index in [-0.39, 0.29) is 0 Å². The Morgan fingerprint density at radius 3 is 1.77 bits per heavy atom. The first kappa shape index (κ1) is 34.8. The van der Waals surface area contributed by atoms with E-state index in [1.807, 2.05) is 6.07 Å². The Bertz CT molecular complexity index is 3920. The smallest absolute Gasteiger partial charge is 0.165 e. The van der Waals surface area contributed by atoms with Gasteiger partial charge in [-0.25, -0.2) is 15.0 Å². The Kier molecular flexibility index (Phi) is 7.74. The molecule has 0 aliphatic rings. The van der Waals surface area contributed by atoms with Crippen LogP contribution < -0.4 is 0 Å². The summed E-state index contributed by atoms with van der Waals surface area (Å²) in [5, 5.41) is 12.1. The Balaban J connectivity index is 1.05. The van der Waals surface area contributed by atoms with Crippen LogP contribution in [0.15, 0.2) is 206 Å². The molecule has 0 unspecified atom stereocenters. The molecule has 0 fully saturated rings. The van der Waals surface area contributed by atoms with E-state index in [1.54, 1.807) is 11.3 Å². The van der Waals surface area contributed by atoms with E-state index in [0.29, 0.717) is 17.5 Å². The predicted molar refractivity (Wildman–Crippen MR) is 261 cm³/mol. The van der Waals surface area contributed by atoms with Crippen LogP contribution in [-0.4, -0.2) is 19.5 Å². The Hall–Kier alpha value is -7.99. The molecule has 0 atom stereocenters. The number of rotatable bonds is 5. The van der Waals surface area contributed by atoms with Gasteiger partial charge < -0.3 is 4.57 Å². The molecule has 13 aromatic rings. The Morgan fingerprint density at radius 1 is 0.339 bits per heavy atom. The van der Waals surface area contributed by atoms with Gasteiger partial charge in [0.25, 0.3) is 0 Å². The maximum absolute atomic E-state index is 5.36. The number of aromatic nitrogens is 4. The number of hydrogen-bond acceptors (Lipinski definition) is 4. The highest BCUT2D eigenvalue weighted by molar-refractivity contribution is 7.26. The molecule has 0 amide bonds. The van der Waals surface area contributed by atoms with E-state index in [1.165, 1.54) is 69.8 Å². The van der Waals surface area contributed by atoms with Crippen molar-refractivity contribution in [3.63, 3.8) is 0 Å². The standard InChI is InChI=1S/C57H34N4S/c1-2-12-35(13-3-1)36-22-25-38(26-23-36)55-58-56(42-28-29-44-41(32-42)27-24-37-14-6-7-17-43(37)44)60-57(59-55)47-30-31-50(53-46-19-9-11-21-52(46)62-54(47)53)61-49-20-10-8-18-45(49)48-33-39-15-4-5-16-40(39)34-51(48)61/h1-34H. The number of hydrogen-bond donors (Lipinski definition) is 0. The molecule has 0 radical (unpaired) electrons. The summed E-state index contributed by atoms with van der Waals surface area (Å²) >= 11 is 1.80. The van der Waals surface area contributed by atoms with E-state index in [4.69, 9.17) is 15.0 Å². The molecule has 13 rings (SSSR count). The van der Waals surface area contributed by atoms with E-state index in [2.05, 4.69) is 205 Å². The second-order valence-corrected chi connectivity index (χ2v) is 17.0. The average molecular weight is 807 g/mol. The normalized spacial score (nSPS) is 11.9. The molecule has 288 valence electrons. The monoisotopic (exact) mass is 806 g/mol. The Labute approximate surface area is 360 Å². The quantitative estimate of drug-likeness (QED) is 0.163. The van der Waals surface area contributed by atoms with Gasteiger partial charge >= 0.3 is 0 Å². The molecule has 3 aromatic heterocycles. The van der Waals surface area contributed by atoms with Gasteiger partial charge in [-0.1, -0.05) is 164 Å². The van der Waals surface area contributed by atoms with Crippen molar-refractivity contribution in [3.05, 3.63) is 206 Å². The van der Waals surface area contributed by atoms with Gasteiger partial charge in [0, 0.05) is 47.6 Å². The molecule has 4 nitrogen and oxygen atoms in total. The lowest BCUT2D eigenvalue weighted by atomic mass is 10.00. The van der Waals surface area contributed by atoms with Gasteiger partial charge in [-0.15, -0.1) is 11.3 Å². The summed E-state index contributed by atoms with van der Waals surface area (Å²) in [4.78, 5) is 15.9. The zero-order valence-electron chi connectivity index (χ0n) is 33.3. The summed E-state index contributed by atoms with van der Waals surface area (Å²) in [7, 11) is 0. The second kappa shape index (κ2) is 13.8. The summed E-state index contributed by atoms with van der Waals surface area (Å²) in [6, 6.07) is 73.9. The van der Waals surface area contributed by atoms with Gasteiger partial charge in [-0.05, 0) is 85.9 Å². The van der Waals surface area contributed by atoms with Gasteiger partial charge in [0.1, 0.15) is 0 Å². The predicted octanol–water partition coefficient (Wildman–Crippen LogP) is 15.5. The number of fused-ring (bicyclic) bond motifs is 10. The second-order valence-electron chi connectivity index (χ2n) is 16.0. The first-order valence-corrected chi connectivity index (χ1v) is 21.7. The highest BCUT2D eigenvalue weighted by atomic mass is 32.1. The Morgan fingerprint density at radius 2 is 0.935 bits per heavy atom. The molecule has 0 aliphatic heterocycles. The molecule has 0 saturated heterocycles. The summed E-state index contributed by atoms with van der Waals surface area (Å²) < 4.78 is 4.82. The van der Waals surface area contributed by atoms with Gasteiger partial charge in [0.05, 0.1) is 16.7 Å².